The fourth-order valence-electron chi connectivity index (χ4n) is 11.8. The Hall–Kier alpha value is -1.94. The van der Waals surface area contributed by atoms with Gasteiger partial charge < -0.3 is 33.8 Å². The molecule has 19 heteroatoms. The Labute approximate surface area is 588 Å². The molecule has 6 atom stereocenters. The molecule has 0 radical (unpaired) electrons. The van der Waals surface area contributed by atoms with Crippen LogP contribution in [0.4, 0.5) is 0 Å². The number of hydrogen-bond donors (Lipinski definition) is 3. The van der Waals surface area contributed by atoms with Gasteiger partial charge in [-0.25, -0.2) is 9.13 Å². The number of aliphatic hydroxyl groups is 1. The molecule has 570 valence electrons. The molecule has 0 aromatic rings. The Kier molecular flexibility index (Phi) is 67.4. The summed E-state index contributed by atoms with van der Waals surface area (Å²) in [5.74, 6) is -0.512. The predicted molar refractivity (Wildman–Crippen MR) is 391 cm³/mol. The Morgan fingerprint density at radius 3 is 0.792 bits per heavy atom. The van der Waals surface area contributed by atoms with Crippen LogP contribution in [0.1, 0.15) is 401 Å². The van der Waals surface area contributed by atoms with Gasteiger partial charge in [-0.2, -0.15) is 0 Å². The zero-order valence-corrected chi connectivity index (χ0v) is 64.5. The summed E-state index contributed by atoms with van der Waals surface area (Å²) in [6.45, 7) is 9.60. The number of phosphoric acid groups is 2. The van der Waals surface area contributed by atoms with Crippen molar-refractivity contribution in [3.63, 3.8) is 0 Å². The second-order valence-electron chi connectivity index (χ2n) is 28.5. The lowest BCUT2D eigenvalue weighted by atomic mass is 9.99. The molecule has 0 aliphatic carbocycles. The molecule has 0 saturated heterocycles. The molecule has 0 rings (SSSR count). The minimum atomic E-state index is -4.96. The fraction of sp³-hybridized carbons (Fsp3) is 0.948. The number of rotatable bonds is 76. The van der Waals surface area contributed by atoms with Crippen LogP contribution < -0.4 is 0 Å². The maximum Gasteiger partial charge on any atom is 0.472 e. The van der Waals surface area contributed by atoms with E-state index < -0.39 is 97.5 Å². The monoisotopic (exact) mass is 1410 g/mol. The van der Waals surface area contributed by atoms with Gasteiger partial charge in [0.05, 0.1) is 26.4 Å². The first-order valence-corrected chi connectivity index (χ1v) is 43.0. The summed E-state index contributed by atoms with van der Waals surface area (Å²) in [6.07, 6.45) is 57.1. The van der Waals surface area contributed by atoms with Crippen molar-refractivity contribution in [3.8, 4) is 0 Å². The predicted octanol–water partition coefficient (Wildman–Crippen LogP) is 22.7. The minimum Gasteiger partial charge on any atom is -0.462 e. The Morgan fingerprint density at radius 1 is 0.302 bits per heavy atom. The van der Waals surface area contributed by atoms with E-state index in [0.29, 0.717) is 25.7 Å². The number of hydrogen-bond acceptors (Lipinski definition) is 15. The van der Waals surface area contributed by atoms with E-state index in [-0.39, 0.29) is 25.7 Å². The molecular formula is C77H150O17P2. The van der Waals surface area contributed by atoms with Gasteiger partial charge in [-0.05, 0) is 37.5 Å². The fourth-order valence-corrected chi connectivity index (χ4v) is 13.4. The van der Waals surface area contributed by atoms with Gasteiger partial charge >= 0.3 is 39.5 Å². The Bertz CT molecular complexity index is 1860. The average molecular weight is 1410 g/mol. The van der Waals surface area contributed by atoms with Crippen molar-refractivity contribution in [3.05, 3.63) is 0 Å². The summed E-state index contributed by atoms with van der Waals surface area (Å²) < 4.78 is 68.4. The van der Waals surface area contributed by atoms with Gasteiger partial charge in [-0.15, -0.1) is 0 Å². The van der Waals surface area contributed by atoms with Crippen LogP contribution in [0.3, 0.4) is 0 Å². The SMILES string of the molecule is CCCCCCCCCCCCCCCCCC(=O)OC[C@H](COP(=O)(O)OC[C@@H](O)COP(=O)(O)OC[C@@H](COC(=O)CCCCCCCCC)OC(=O)CCCCCCCCCCCC(C)C)OC(=O)CCCCCCCCCCCCCCCCCCCCC(C)CC. The molecule has 0 heterocycles. The largest absolute Gasteiger partial charge is 0.472 e. The number of esters is 4. The van der Waals surface area contributed by atoms with Gasteiger partial charge in [0, 0.05) is 25.7 Å². The number of phosphoric ester groups is 2. The summed E-state index contributed by atoms with van der Waals surface area (Å²) in [4.78, 5) is 72.7. The highest BCUT2D eigenvalue weighted by Crippen LogP contribution is 2.45. The molecular weight excluding hydrogens is 1260 g/mol. The molecule has 3 N–H and O–H groups in total. The molecule has 0 saturated carbocycles. The molecule has 96 heavy (non-hydrogen) atoms. The van der Waals surface area contributed by atoms with Crippen molar-refractivity contribution in [1.82, 2.24) is 0 Å². The standard InChI is InChI=1S/C77H150O17P2/c1-7-10-12-14-16-17-18-19-24-28-31-36-42-48-54-60-75(80)88-66-73(94-76(81)61-55-49-43-37-32-29-26-23-21-20-22-25-27-30-35-41-46-52-58-70(6)9-3)68-92-96(85,86)90-64-71(78)63-89-95(83,84)91-67-72(65-87-74(79)59-53-47-39-15-13-11-8-2)93-77(82)62-56-50-44-38-33-34-40-45-51-57-69(4)5/h69-73,78H,7-68H2,1-6H3,(H,83,84)(H,85,86)/t70?,71-,72+,73+/m0/s1. The van der Waals surface area contributed by atoms with Gasteiger partial charge in [-0.1, -0.05) is 350 Å². The molecule has 0 aromatic heterocycles. The minimum absolute atomic E-state index is 0.105. The third kappa shape index (κ3) is 69.2. The first kappa shape index (κ1) is 94.1. The lowest BCUT2D eigenvalue weighted by molar-refractivity contribution is -0.161. The molecule has 0 fully saturated rings. The molecule has 0 spiro atoms. The summed E-state index contributed by atoms with van der Waals surface area (Å²) in [7, 11) is -9.91. The van der Waals surface area contributed by atoms with Crippen LogP contribution >= 0.6 is 15.6 Å². The number of unbranched alkanes of at least 4 members (excludes halogenated alkanes) is 45. The highest BCUT2D eigenvalue weighted by Gasteiger charge is 2.30. The van der Waals surface area contributed by atoms with Gasteiger partial charge in [-0.3, -0.25) is 37.3 Å². The first-order valence-electron chi connectivity index (χ1n) is 40.0. The Morgan fingerprint density at radius 2 is 0.531 bits per heavy atom. The van der Waals surface area contributed by atoms with Crippen LogP contribution in [0.2, 0.25) is 0 Å². The first-order chi connectivity index (χ1) is 46.4. The highest BCUT2D eigenvalue weighted by molar-refractivity contribution is 7.47. The third-order valence-corrected chi connectivity index (χ3v) is 20.2. The third-order valence-electron chi connectivity index (χ3n) is 18.3. The number of carbonyl (C=O) groups excluding carboxylic acids is 4. The van der Waals surface area contributed by atoms with Crippen LogP contribution in [0.15, 0.2) is 0 Å². The van der Waals surface area contributed by atoms with Gasteiger partial charge in [0.25, 0.3) is 0 Å². The van der Waals surface area contributed by atoms with Crippen molar-refractivity contribution in [1.29, 1.82) is 0 Å². The number of carbonyl (C=O) groups is 4. The van der Waals surface area contributed by atoms with Crippen LogP contribution in [0.25, 0.3) is 0 Å². The normalized spacial score (nSPS) is 14.3. The second kappa shape index (κ2) is 68.8. The molecule has 0 bridgehead atoms. The number of aliphatic hydroxyl groups excluding tert-OH is 1. The highest BCUT2D eigenvalue weighted by atomic mass is 31.2. The van der Waals surface area contributed by atoms with Crippen LogP contribution in [0.5, 0.6) is 0 Å². The van der Waals surface area contributed by atoms with Crippen molar-refractivity contribution in [2.45, 2.75) is 419 Å². The second-order valence-corrected chi connectivity index (χ2v) is 31.4. The molecule has 0 amide bonds. The zero-order chi connectivity index (χ0) is 70.7. The summed E-state index contributed by atoms with van der Waals surface area (Å²) in [5, 5.41) is 10.6. The average Bonchev–Trinajstić information content (AvgIpc) is 1.24. The maximum absolute atomic E-state index is 13.1. The van der Waals surface area contributed by atoms with Crippen LogP contribution in [-0.4, -0.2) is 96.7 Å². The van der Waals surface area contributed by atoms with Crippen LogP contribution in [-0.2, 0) is 65.4 Å². The molecule has 0 aliphatic rings. The van der Waals surface area contributed by atoms with E-state index in [1.54, 1.807) is 0 Å². The zero-order valence-electron chi connectivity index (χ0n) is 62.7. The van der Waals surface area contributed by atoms with Gasteiger partial charge in [0.2, 0.25) is 0 Å². The smallest absolute Gasteiger partial charge is 0.462 e. The van der Waals surface area contributed by atoms with E-state index in [2.05, 4.69) is 41.5 Å². The summed E-state index contributed by atoms with van der Waals surface area (Å²) in [5.41, 5.74) is 0. The maximum atomic E-state index is 13.1. The van der Waals surface area contributed by atoms with E-state index in [1.165, 1.54) is 205 Å². The van der Waals surface area contributed by atoms with Crippen molar-refractivity contribution in [2.24, 2.45) is 11.8 Å². The lowest BCUT2D eigenvalue weighted by Gasteiger charge is -2.21. The molecule has 17 nitrogen and oxygen atoms in total. The van der Waals surface area contributed by atoms with E-state index in [4.69, 9.17) is 37.0 Å². The van der Waals surface area contributed by atoms with Crippen molar-refractivity contribution < 1.29 is 80.2 Å². The Balaban J connectivity index is 5.16. The molecule has 0 aromatic carbocycles. The molecule has 3 unspecified atom stereocenters. The van der Waals surface area contributed by atoms with Crippen molar-refractivity contribution >= 4 is 39.5 Å². The van der Waals surface area contributed by atoms with E-state index in [0.717, 1.165) is 115 Å². The molecule has 0 aliphatic heterocycles. The van der Waals surface area contributed by atoms with Gasteiger partial charge in [0.1, 0.15) is 19.3 Å². The lowest BCUT2D eigenvalue weighted by Crippen LogP contribution is -2.30. The van der Waals surface area contributed by atoms with Crippen molar-refractivity contribution in [2.75, 3.05) is 39.6 Å². The van der Waals surface area contributed by atoms with E-state index in [1.807, 2.05) is 0 Å². The topological polar surface area (TPSA) is 237 Å². The van der Waals surface area contributed by atoms with Crippen LogP contribution in [0, 0.1) is 11.8 Å². The quantitative estimate of drug-likeness (QED) is 0.0222. The number of ether oxygens (including phenoxy) is 4. The van der Waals surface area contributed by atoms with E-state index in [9.17, 15) is 43.2 Å². The summed E-state index contributed by atoms with van der Waals surface area (Å²) in [6, 6.07) is 0. The van der Waals surface area contributed by atoms with E-state index >= 15 is 0 Å². The van der Waals surface area contributed by atoms with Gasteiger partial charge in [0.15, 0.2) is 12.2 Å². The summed E-state index contributed by atoms with van der Waals surface area (Å²) >= 11 is 0.